The van der Waals surface area contributed by atoms with Gasteiger partial charge in [-0.1, -0.05) is 81.8 Å². The van der Waals surface area contributed by atoms with Crippen molar-refractivity contribution in [1.82, 2.24) is 10.6 Å². The van der Waals surface area contributed by atoms with E-state index in [4.69, 9.17) is 30.4 Å². The van der Waals surface area contributed by atoms with Crippen LogP contribution in [-0.4, -0.2) is 59.5 Å². The molecule has 0 radical (unpaired) electrons. The lowest BCUT2D eigenvalue weighted by Gasteiger charge is -2.57. The molecule has 2 spiro atoms. The summed E-state index contributed by atoms with van der Waals surface area (Å²) in [6.45, 7) is 12.8. The van der Waals surface area contributed by atoms with Crippen molar-refractivity contribution in [2.45, 2.75) is 128 Å². The summed E-state index contributed by atoms with van der Waals surface area (Å²) in [4.78, 5) is 46.9. The number of amides is 4. The van der Waals surface area contributed by atoms with Gasteiger partial charge in [0.15, 0.2) is 0 Å². The van der Waals surface area contributed by atoms with Crippen molar-refractivity contribution in [1.29, 1.82) is 0 Å². The second kappa shape index (κ2) is 19.8. The Morgan fingerprint density at radius 2 is 1.10 bits per heavy atom. The molecule has 4 aliphatic carbocycles. The molecule has 12 nitrogen and oxygen atoms in total. The summed E-state index contributed by atoms with van der Waals surface area (Å²) >= 11 is 9.30. The van der Waals surface area contributed by atoms with Gasteiger partial charge in [-0.15, -0.1) is 21.8 Å². The van der Waals surface area contributed by atoms with Crippen LogP contribution in [0, 0.1) is 10.8 Å². The second-order valence-electron chi connectivity index (χ2n) is 18.4. The van der Waals surface area contributed by atoms with Gasteiger partial charge < -0.3 is 41.0 Å². The zero-order valence-corrected chi connectivity index (χ0v) is 41.4. The second-order valence-corrected chi connectivity index (χ2v) is 34.1. The predicted octanol–water partition coefficient (Wildman–Crippen LogP) is 10.2. The monoisotopic (exact) mass is 1080 g/mol. The van der Waals surface area contributed by atoms with Crippen LogP contribution in [0.1, 0.15) is 98.4 Å². The van der Waals surface area contributed by atoms with Gasteiger partial charge in [0.25, 0.3) is 11.8 Å². The first-order valence-corrected chi connectivity index (χ1v) is 28.4. The zero-order chi connectivity index (χ0) is 44.0. The molecule has 4 amide bonds. The average molecular weight is 1080 g/mol. The van der Waals surface area contributed by atoms with E-state index in [1.165, 1.54) is 0 Å². The molecule has 0 unspecified atom stereocenters. The van der Waals surface area contributed by atoms with Crippen molar-refractivity contribution in [3.8, 4) is 11.5 Å². The van der Waals surface area contributed by atoms with Crippen LogP contribution in [0.25, 0.3) is 0 Å². The first kappa shape index (κ1) is 47.7. The fourth-order valence-electron chi connectivity index (χ4n) is 8.18. The topological polar surface area (TPSA) is 181 Å². The maximum absolute atomic E-state index is 12.0. The number of benzene rings is 3. The van der Waals surface area contributed by atoms with Gasteiger partial charge in [-0.05, 0) is 125 Å². The number of carbonyl (C=O) groups excluding carboxylic acids is 4. The first-order valence-electron chi connectivity index (χ1n) is 20.2. The molecule has 4 fully saturated rings. The lowest BCUT2D eigenvalue weighted by Crippen LogP contribution is -2.59. The highest BCUT2D eigenvalue weighted by Gasteiger charge is 2.55. The normalized spacial score (nSPS) is 24.8. The Kier molecular flexibility index (Phi) is 15.7. The molecular formula is C44H57Br2IN4O8Si. The molecule has 0 heterocycles. The Bertz CT molecular complexity index is 1990. The number of ether oxygens (including phenoxy) is 4. The summed E-state index contributed by atoms with van der Waals surface area (Å²) in [6, 6.07) is 20.4. The molecule has 326 valence electrons. The summed E-state index contributed by atoms with van der Waals surface area (Å²) < 4.78 is 24.3. The van der Waals surface area contributed by atoms with Crippen LogP contribution < -0.4 is 31.6 Å². The highest BCUT2D eigenvalue weighted by Crippen LogP contribution is 2.58. The van der Waals surface area contributed by atoms with E-state index in [9.17, 15) is 19.2 Å². The molecule has 0 aromatic heterocycles. The maximum atomic E-state index is 12.0. The fourth-order valence-corrected chi connectivity index (χ4v) is 8.86. The number of hydrogen-bond acceptors (Lipinski definition) is 8. The van der Waals surface area contributed by atoms with Gasteiger partial charge in [-0.2, -0.15) is 0 Å². The molecule has 7 rings (SSSR count). The van der Waals surface area contributed by atoms with Gasteiger partial charge in [0.1, 0.15) is 29.3 Å². The van der Waals surface area contributed by atoms with Crippen molar-refractivity contribution in [2.75, 3.05) is 0 Å². The fraction of sp³-hybridized carbons (Fsp3) is 0.500. The van der Waals surface area contributed by atoms with Gasteiger partial charge in [-0.3, -0.25) is 9.59 Å². The summed E-state index contributed by atoms with van der Waals surface area (Å²) in [5.74, 6) is 0.0509. The Balaban J connectivity index is 0.000000206. The lowest BCUT2D eigenvalue weighted by atomic mass is 9.53. The van der Waals surface area contributed by atoms with Crippen molar-refractivity contribution in [3.05, 3.63) is 92.4 Å². The lowest BCUT2D eigenvalue weighted by molar-refractivity contribution is -0.0856. The third-order valence-corrected chi connectivity index (χ3v) is 11.6. The molecule has 0 bridgehead atoms. The van der Waals surface area contributed by atoms with E-state index in [-0.39, 0.29) is 53.9 Å². The van der Waals surface area contributed by atoms with Crippen LogP contribution >= 0.6 is 53.7 Å². The van der Waals surface area contributed by atoms with E-state index >= 15 is 0 Å². The minimum Gasteiger partial charge on any atom is -0.490 e. The number of hydrogen-bond donors (Lipinski definition) is 4. The molecule has 16 heteroatoms. The Hall–Kier alpha value is -3.35. The van der Waals surface area contributed by atoms with Crippen LogP contribution in [0.15, 0.2) is 75.7 Å². The van der Waals surface area contributed by atoms with Crippen molar-refractivity contribution in [3.63, 3.8) is 0 Å². The number of nitrogens with two attached hydrogens (primary N) is 2. The van der Waals surface area contributed by atoms with Crippen LogP contribution in [0.4, 0.5) is 9.59 Å². The Labute approximate surface area is 383 Å². The molecule has 6 N–H and O–H groups in total. The summed E-state index contributed by atoms with van der Waals surface area (Å²) in [5.41, 5.74) is 11.9. The molecule has 0 aliphatic heterocycles. The molecule has 4 saturated carbocycles. The van der Waals surface area contributed by atoms with E-state index in [1.54, 1.807) is 36.4 Å². The number of primary amides is 2. The summed E-state index contributed by atoms with van der Waals surface area (Å²) in [6.07, 6.45) is 6.80. The highest BCUT2D eigenvalue weighted by molar-refractivity contribution is 14.1. The Morgan fingerprint density at radius 3 is 1.48 bits per heavy atom. The predicted molar refractivity (Wildman–Crippen MR) is 250 cm³/mol. The molecule has 60 heavy (non-hydrogen) atoms. The minimum atomic E-state index is -0.641. The number of rotatable bonds is 10. The number of halogens is 3. The largest absolute Gasteiger partial charge is 0.490 e. The van der Waals surface area contributed by atoms with Gasteiger partial charge in [0.2, 0.25) is 0 Å². The molecular weight excluding hydrogens is 1030 g/mol. The third-order valence-electron chi connectivity index (χ3n) is 10.6. The number of nitrogens with one attached hydrogen (secondary N) is 2. The summed E-state index contributed by atoms with van der Waals surface area (Å²) in [5, 5.41) is 5.86. The van der Waals surface area contributed by atoms with E-state index in [1.807, 2.05) is 51.1 Å². The van der Waals surface area contributed by atoms with Gasteiger partial charge in [0.05, 0.1) is 23.3 Å². The molecule has 0 saturated heterocycles. The van der Waals surface area contributed by atoms with Crippen molar-refractivity contribution < 1.29 is 38.1 Å². The smallest absolute Gasteiger partial charge is 0.407 e. The molecule has 3 aromatic rings. The van der Waals surface area contributed by atoms with Crippen molar-refractivity contribution in [2.24, 2.45) is 22.3 Å². The Morgan fingerprint density at radius 1 is 0.700 bits per heavy atom. The maximum Gasteiger partial charge on any atom is 0.407 e. The van der Waals surface area contributed by atoms with Crippen LogP contribution in [0.3, 0.4) is 0 Å². The van der Waals surface area contributed by atoms with Gasteiger partial charge in [-0.25, -0.2) is 9.59 Å². The van der Waals surface area contributed by atoms with Gasteiger partial charge >= 0.3 is 12.2 Å². The molecule has 4 aliphatic rings. The van der Waals surface area contributed by atoms with Crippen LogP contribution in [0.5, 0.6) is 11.5 Å². The molecule has 3 aromatic carbocycles. The highest BCUT2D eigenvalue weighted by atomic mass is 127. The number of carbonyl (C=O) groups is 4. The SMILES string of the molecule is CC(C)(C)OC(=O)NC1CC2(C1)CC(Oc1cc(Br)ccc1C(N)=O)C2.C[Si](C)(C)I.NC(=O)c1ccc(Br)cc1OC1CC2(CC(NC(=O)OCc3ccccc3)C2)C1. The third kappa shape index (κ3) is 14.4. The number of alkyl carbamates (subject to hydrolysis) is 2. The molecule has 0 atom stereocenters. The zero-order valence-electron chi connectivity index (χ0n) is 35.1. The standard InChI is InChI=1S/C22H23BrN2O4.C19H25BrN2O4.C3H9ISi/c23-15-6-7-18(20(24)26)19(8-15)29-17-11-22(12-17)9-16(10-22)25-21(27)28-13-14-4-2-1-3-5-14;1-18(2,3)26-17(24)22-12-7-19(8-12)9-13(10-19)25-15-6-11(20)4-5-14(15)16(21)23;1-5(2,3)4/h1-8,16-17H,9-13H2,(H2,24,26)(H,25,27);4-6,12-13H,7-10H2,1-3H3,(H2,21,23)(H,22,24);1-3H3. The average Bonchev–Trinajstić information content (AvgIpc) is 3.06. The van der Waals surface area contributed by atoms with E-state index in [0.717, 1.165) is 65.9 Å². The minimum absolute atomic E-state index is 0.0633. The first-order chi connectivity index (χ1) is 28.0. The van der Waals surface area contributed by atoms with E-state index in [2.05, 4.69) is 83.9 Å². The van der Waals surface area contributed by atoms with Crippen LogP contribution in [0.2, 0.25) is 19.6 Å². The summed E-state index contributed by atoms with van der Waals surface area (Å²) in [7, 11) is 0. The van der Waals surface area contributed by atoms with Crippen LogP contribution in [-0.2, 0) is 16.1 Å². The quantitative estimate of drug-likeness (QED) is 0.0879. The van der Waals surface area contributed by atoms with Gasteiger partial charge in [0, 0.05) is 21.0 Å². The van der Waals surface area contributed by atoms with E-state index < -0.39 is 23.0 Å². The van der Waals surface area contributed by atoms with Crippen molar-refractivity contribution >= 4 is 83.2 Å². The van der Waals surface area contributed by atoms with E-state index in [0.29, 0.717) is 22.6 Å².